The minimum absolute atomic E-state index is 0.496. The van der Waals surface area contributed by atoms with Crippen molar-refractivity contribution >= 4 is 0 Å². The molecule has 0 radical (unpaired) electrons. The van der Waals surface area contributed by atoms with Crippen LogP contribution < -0.4 is 0 Å². The molecule has 1 aromatic heterocycles. The first-order valence-corrected chi connectivity index (χ1v) is 6.05. The topological polar surface area (TPSA) is 30.7 Å². The van der Waals surface area contributed by atoms with Crippen LogP contribution in [0.4, 0.5) is 0 Å². The van der Waals surface area contributed by atoms with Gasteiger partial charge in [-0.2, -0.15) is 5.10 Å². The molecule has 2 saturated carbocycles. The van der Waals surface area contributed by atoms with Crippen molar-refractivity contribution in [3.05, 3.63) is 12.2 Å². The first kappa shape index (κ1) is 9.37. The van der Waals surface area contributed by atoms with Crippen LogP contribution in [0, 0.1) is 5.41 Å². The zero-order chi connectivity index (χ0) is 10.5. The fourth-order valence-electron chi connectivity index (χ4n) is 2.62. The van der Waals surface area contributed by atoms with Crippen molar-refractivity contribution in [3.8, 4) is 0 Å². The second-order valence-corrected chi connectivity index (χ2v) is 5.92. The van der Waals surface area contributed by atoms with E-state index in [1.165, 1.54) is 32.1 Å². The Kier molecular flexibility index (Phi) is 1.91. The van der Waals surface area contributed by atoms with E-state index in [4.69, 9.17) is 0 Å². The van der Waals surface area contributed by atoms with Gasteiger partial charge in [-0.3, -0.25) is 0 Å². The van der Waals surface area contributed by atoms with Crippen molar-refractivity contribution in [2.24, 2.45) is 5.41 Å². The van der Waals surface area contributed by atoms with Gasteiger partial charge in [-0.25, -0.2) is 9.67 Å². The fraction of sp³-hybridized carbons (Fsp3) is 0.833. The predicted molar refractivity (Wildman–Crippen MR) is 58.7 cm³/mol. The summed E-state index contributed by atoms with van der Waals surface area (Å²) in [4.78, 5) is 4.42. The van der Waals surface area contributed by atoms with Crippen molar-refractivity contribution in [3.63, 3.8) is 0 Å². The van der Waals surface area contributed by atoms with Crippen molar-refractivity contribution in [2.75, 3.05) is 0 Å². The molecule has 1 aromatic rings. The smallest absolute Gasteiger partial charge is 0.153 e. The molecule has 2 aliphatic carbocycles. The van der Waals surface area contributed by atoms with Gasteiger partial charge in [0, 0.05) is 5.92 Å². The fourth-order valence-corrected chi connectivity index (χ4v) is 2.62. The van der Waals surface area contributed by atoms with E-state index in [1.54, 1.807) is 0 Å². The van der Waals surface area contributed by atoms with Gasteiger partial charge in [-0.1, -0.05) is 13.8 Å². The summed E-state index contributed by atoms with van der Waals surface area (Å²) in [6, 6.07) is 0.597. The van der Waals surface area contributed by atoms with E-state index < -0.39 is 0 Å². The Hall–Kier alpha value is -0.860. The average Bonchev–Trinajstić information content (AvgIpc) is 2.79. The molecular weight excluding hydrogens is 186 g/mol. The second kappa shape index (κ2) is 3.06. The first-order chi connectivity index (χ1) is 7.14. The molecule has 2 fully saturated rings. The summed E-state index contributed by atoms with van der Waals surface area (Å²) in [5.74, 6) is 1.76. The zero-order valence-electron chi connectivity index (χ0n) is 9.61. The van der Waals surface area contributed by atoms with Gasteiger partial charge in [0.2, 0.25) is 0 Å². The Morgan fingerprint density at radius 2 is 2.13 bits per heavy atom. The van der Waals surface area contributed by atoms with Gasteiger partial charge in [-0.15, -0.1) is 0 Å². The highest BCUT2D eigenvalue weighted by Crippen LogP contribution is 2.43. The highest BCUT2D eigenvalue weighted by Gasteiger charge is 2.34. The lowest BCUT2D eigenvalue weighted by Gasteiger charge is -2.16. The molecule has 0 saturated heterocycles. The summed E-state index contributed by atoms with van der Waals surface area (Å²) >= 11 is 0. The van der Waals surface area contributed by atoms with Crippen molar-refractivity contribution in [2.45, 2.75) is 57.9 Å². The van der Waals surface area contributed by atoms with Gasteiger partial charge in [0.15, 0.2) is 5.82 Å². The molecule has 15 heavy (non-hydrogen) atoms. The molecule has 3 heteroatoms. The number of rotatable bonds is 2. The highest BCUT2D eigenvalue weighted by molar-refractivity contribution is 5.03. The Morgan fingerprint density at radius 3 is 2.73 bits per heavy atom. The average molecular weight is 205 g/mol. The molecule has 2 aliphatic rings. The minimum Gasteiger partial charge on any atom is -0.250 e. The van der Waals surface area contributed by atoms with Gasteiger partial charge < -0.3 is 0 Å². The van der Waals surface area contributed by atoms with Gasteiger partial charge >= 0.3 is 0 Å². The van der Waals surface area contributed by atoms with Crippen LogP contribution in [-0.4, -0.2) is 14.8 Å². The summed E-state index contributed by atoms with van der Waals surface area (Å²) in [5, 5.41) is 4.63. The maximum absolute atomic E-state index is 4.63. The summed E-state index contributed by atoms with van der Waals surface area (Å²) in [7, 11) is 0. The predicted octanol–water partition coefficient (Wildman–Crippen LogP) is 2.91. The molecule has 0 aromatic carbocycles. The summed E-state index contributed by atoms with van der Waals surface area (Å²) < 4.78 is 2.11. The van der Waals surface area contributed by atoms with E-state index in [9.17, 15) is 0 Å². The van der Waals surface area contributed by atoms with Crippen LogP contribution in [0.25, 0.3) is 0 Å². The van der Waals surface area contributed by atoms with Gasteiger partial charge in [0.25, 0.3) is 0 Å². The molecule has 3 rings (SSSR count). The Bertz CT molecular complexity index is 363. The molecule has 0 N–H and O–H groups in total. The third kappa shape index (κ3) is 1.80. The summed E-state index contributed by atoms with van der Waals surface area (Å²) in [6.07, 6.45) is 8.36. The van der Waals surface area contributed by atoms with E-state index in [1.807, 2.05) is 6.33 Å². The third-order valence-corrected chi connectivity index (χ3v) is 3.79. The largest absolute Gasteiger partial charge is 0.250 e. The summed E-state index contributed by atoms with van der Waals surface area (Å²) in [5.41, 5.74) is 0.496. The third-order valence-electron chi connectivity index (χ3n) is 3.79. The highest BCUT2D eigenvalue weighted by atomic mass is 15.3. The molecule has 1 heterocycles. The van der Waals surface area contributed by atoms with E-state index in [0.29, 0.717) is 17.4 Å². The lowest BCUT2D eigenvalue weighted by Crippen LogP contribution is -2.10. The van der Waals surface area contributed by atoms with Crippen LogP contribution in [0.5, 0.6) is 0 Å². The van der Waals surface area contributed by atoms with Crippen molar-refractivity contribution in [1.29, 1.82) is 0 Å². The van der Waals surface area contributed by atoms with Gasteiger partial charge in [0.05, 0.1) is 6.04 Å². The SMILES string of the molecule is CC1(C)CCC(n2cnc(C3CC3)n2)C1. The standard InChI is InChI=1S/C12H19N3/c1-12(2)6-5-10(7-12)15-8-13-11(14-15)9-3-4-9/h8-10H,3-7H2,1-2H3. The first-order valence-electron chi connectivity index (χ1n) is 6.05. The van der Waals surface area contributed by atoms with Crippen LogP contribution in [0.2, 0.25) is 0 Å². The van der Waals surface area contributed by atoms with Crippen LogP contribution >= 0.6 is 0 Å². The van der Waals surface area contributed by atoms with Crippen LogP contribution in [0.3, 0.4) is 0 Å². The molecule has 0 amide bonds. The molecule has 1 unspecified atom stereocenters. The molecule has 82 valence electrons. The molecular formula is C12H19N3. The van der Waals surface area contributed by atoms with E-state index in [2.05, 4.69) is 28.6 Å². The van der Waals surface area contributed by atoms with Crippen molar-refractivity contribution < 1.29 is 0 Å². The van der Waals surface area contributed by atoms with Crippen molar-refractivity contribution in [1.82, 2.24) is 14.8 Å². The Balaban J connectivity index is 1.75. The minimum atomic E-state index is 0.496. The summed E-state index contributed by atoms with van der Waals surface area (Å²) in [6.45, 7) is 4.71. The maximum atomic E-state index is 4.63. The van der Waals surface area contributed by atoms with E-state index in [-0.39, 0.29) is 0 Å². The zero-order valence-corrected chi connectivity index (χ0v) is 9.61. The van der Waals surface area contributed by atoms with Crippen LogP contribution in [0.1, 0.15) is 63.7 Å². The molecule has 3 nitrogen and oxygen atoms in total. The lowest BCUT2D eigenvalue weighted by atomic mass is 9.92. The van der Waals surface area contributed by atoms with E-state index in [0.717, 1.165) is 5.82 Å². The second-order valence-electron chi connectivity index (χ2n) is 5.92. The quantitative estimate of drug-likeness (QED) is 0.743. The van der Waals surface area contributed by atoms with Gasteiger partial charge in [-0.05, 0) is 37.5 Å². The Labute approximate surface area is 90.9 Å². The number of nitrogens with zero attached hydrogens (tertiary/aromatic N) is 3. The normalized spacial score (nSPS) is 29.6. The van der Waals surface area contributed by atoms with Crippen LogP contribution in [-0.2, 0) is 0 Å². The lowest BCUT2D eigenvalue weighted by molar-refractivity contribution is 0.349. The van der Waals surface area contributed by atoms with Gasteiger partial charge in [0.1, 0.15) is 6.33 Å². The number of aromatic nitrogens is 3. The van der Waals surface area contributed by atoms with E-state index >= 15 is 0 Å². The molecule has 0 spiro atoms. The molecule has 0 aliphatic heterocycles. The molecule has 1 atom stereocenters. The monoisotopic (exact) mass is 205 g/mol. The number of hydrogen-bond acceptors (Lipinski definition) is 2. The molecule has 0 bridgehead atoms. The van der Waals surface area contributed by atoms with Crippen LogP contribution in [0.15, 0.2) is 6.33 Å². The Morgan fingerprint density at radius 1 is 1.33 bits per heavy atom. The maximum Gasteiger partial charge on any atom is 0.153 e. The number of hydrogen-bond donors (Lipinski definition) is 0.